The minimum Gasteiger partial charge on any atom is -0.360 e. The molecule has 0 bridgehead atoms. The molecule has 0 aliphatic carbocycles. The molecule has 6 heteroatoms. The van der Waals surface area contributed by atoms with Gasteiger partial charge < -0.3 is 4.90 Å². The maximum absolute atomic E-state index is 11.2. The number of thioether (sulfide) groups is 1. The van der Waals surface area contributed by atoms with Crippen LogP contribution in [0.3, 0.4) is 0 Å². The van der Waals surface area contributed by atoms with E-state index in [-0.39, 0.29) is 5.78 Å². The molecule has 5 nitrogen and oxygen atoms in total. The van der Waals surface area contributed by atoms with Gasteiger partial charge in [0.2, 0.25) is 0 Å². The van der Waals surface area contributed by atoms with Gasteiger partial charge in [0, 0.05) is 32.9 Å². The monoisotopic (exact) mass is 318 g/mol. The maximum atomic E-state index is 11.2. The van der Waals surface area contributed by atoms with Gasteiger partial charge in [0.1, 0.15) is 10.7 Å². The van der Waals surface area contributed by atoms with Gasteiger partial charge in [-0.25, -0.2) is 4.98 Å². The summed E-state index contributed by atoms with van der Waals surface area (Å²) in [5.41, 5.74) is 1.83. The third kappa shape index (κ3) is 3.88. The molecule has 2 aromatic rings. The zero-order valence-electron chi connectivity index (χ0n) is 13.5. The molecule has 3 heterocycles. The van der Waals surface area contributed by atoms with Crippen LogP contribution >= 0.6 is 11.8 Å². The normalized spacial score (nSPS) is 16.0. The lowest BCUT2D eigenvalue weighted by Gasteiger charge is -2.15. The predicted octanol–water partition coefficient (Wildman–Crippen LogP) is 3.37. The Morgan fingerprint density at radius 2 is 2.14 bits per heavy atom. The lowest BCUT2D eigenvalue weighted by atomic mass is 10.2. The number of carbonyl (C=O) groups is 1. The Balaban J connectivity index is 0.000000160. The standard InChI is InChI=1S/C8H12N2O.C8H10N2S/c1-3-4-8(11)7-5-6-10(2)9-7;1-6-10(2)7-4-3-5-9-8(7)11-6/h5-6H,3-4H2,1-2H3;3-6H,1-2H3. The van der Waals surface area contributed by atoms with Gasteiger partial charge >= 0.3 is 0 Å². The lowest BCUT2D eigenvalue weighted by Crippen LogP contribution is -2.20. The van der Waals surface area contributed by atoms with Crippen LogP contribution in [0.4, 0.5) is 5.69 Å². The van der Waals surface area contributed by atoms with Crippen molar-refractivity contribution in [3.05, 3.63) is 36.3 Å². The second kappa shape index (κ2) is 7.45. The molecule has 0 N–H and O–H groups in total. The second-order valence-electron chi connectivity index (χ2n) is 5.20. The number of carbonyl (C=O) groups excluding carboxylic acids is 1. The fourth-order valence-electron chi connectivity index (χ4n) is 2.10. The molecule has 1 atom stereocenters. The fraction of sp³-hybridized carbons (Fsp3) is 0.438. The minimum absolute atomic E-state index is 0.133. The highest BCUT2D eigenvalue weighted by Crippen LogP contribution is 2.39. The summed E-state index contributed by atoms with van der Waals surface area (Å²) >= 11 is 1.81. The summed E-state index contributed by atoms with van der Waals surface area (Å²) in [4.78, 5) is 17.7. The summed E-state index contributed by atoms with van der Waals surface area (Å²) in [5, 5.41) is 5.68. The van der Waals surface area contributed by atoms with E-state index in [1.165, 1.54) is 5.69 Å². The van der Waals surface area contributed by atoms with Gasteiger partial charge in [-0.2, -0.15) is 5.10 Å². The Bertz CT molecular complexity index is 641. The number of aromatic nitrogens is 3. The molecular formula is C16H22N4OS. The molecule has 1 aliphatic heterocycles. The van der Waals surface area contributed by atoms with E-state index < -0.39 is 0 Å². The van der Waals surface area contributed by atoms with Crippen LogP contribution in [0.25, 0.3) is 0 Å². The van der Waals surface area contributed by atoms with E-state index >= 15 is 0 Å². The lowest BCUT2D eigenvalue weighted by molar-refractivity contribution is 0.0976. The van der Waals surface area contributed by atoms with Crippen LogP contribution < -0.4 is 4.90 Å². The highest BCUT2D eigenvalue weighted by molar-refractivity contribution is 8.00. The molecule has 3 rings (SSSR count). The van der Waals surface area contributed by atoms with Crippen molar-refractivity contribution in [2.75, 3.05) is 11.9 Å². The summed E-state index contributed by atoms with van der Waals surface area (Å²) in [6.45, 7) is 4.17. The van der Waals surface area contributed by atoms with Crippen molar-refractivity contribution in [1.82, 2.24) is 14.8 Å². The van der Waals surface area contributed by atoms with Crippen LogP contribution in [-0.2, 0) is 7.05 Å². The largest absolute Gasteiger partial charge is 0.360 e. The smallest absolute Gasteiger partial charge is 0.183 e. The van der Waals surface area contributed by atoms with E-state index in [1.54, 1.807) is 16.9 Å². The number of Topliss-reactive ketones (excluding diaryl/α,β-unsaturated/α-hetero) is 1. The van der Waals surface area contributed by atoms with E-state index in [0.717, 1.165) is 11.4 Å². The number of nitrogens with zero attached hydrogens (tertiary/aromatic N) is 4. The number of aryl methyl sites for hydroxylation is 1. The Morgan fingerprint density at radius 1 is 1.36 bits per heavy atom. The van der Waals surface area contributed by atoms with Gasteiger partial charge in [-0.3, -0.25) is 9.48 Å². The predicted molar refractivity (Wildman–Crippen MR) is 90.4 cm³/mol. The van der Waals surface area contributed by atoms with Crippen molar-refractivity contribution in [2.45, 2.75) is 37.1 Å². The molecule has 2 aromatic heterocycles. The SMILES string of the molecule is CC1Sc2ncccc2N1C.CCCC(=O)c1ccn(C)n1. The number of fused-ring (bicyclic) bond motifs is 1. The zero-order valence-corrected chi connectivity index (χ0v) is 14.3. The highest BCUT2D eigenvalue weighted by Gasteiger charge is 2.23. The average Bonchev–Trinajstić information content (AvgIpc) is 3.05. The third-order valence-corrected chi connectivity index (χ3v) is 4.63. The van der Waals surface area contributed by atoms with E-state index in [1.807, 2.05) is 38.0 Å². The van der Waals surface area contributed by atoms with Crippen LogP contribution in [0.5, 0.6) is 0 Å². The highest BCUT2D eigenvalue weighted by atomic mass is 32.2. The first-order valence-corrected chi connectivity index (χ1v) is 8.28. The number of hydrogen-bond acceptors (Lipinski definition) is 5. The van der Waals surface area contributed by atoms with Crippen LogP contribution in [0.1, 0.15) is 37.2 Å². The second-order valence-corrected chi connectivity index (χ2v) is 6.51. The molecule has 0 aromatic carbocycles. The minimum atomic E-state index is 0.133. The third-order valence-electron chi connectivity index (χ3n) is 3.44. The Kier molecular flexibility index (Phi) is 5.60. The van der Waals surface area contributed by atoms with Gasteiger partial charge in [-0.05, 0) is 31.5 Å². The Hall–Kier alpha value is -1.82. The number of anilines is 1. The van der Waals surface area contributed by atoms with E-state index in [2.05, 4.69) is 35.0 Å². The topological polar surface area (TPSA) is 51.0 Å². The Morgan fingerprint density at radius 3 is 2.73 bits per heavy atom. The molecule has 1 aliphatic rings. The van der Waals surface area contributed by atoms with Gasteiger partial charge in [-0.1, -0.05) is 18.7 Å². The van der Waals surface area contributed by atoms with E-state index in [9.17, 15) is 4.79 Å². The molecule has 0 saturated carbocycles. The van der Waals surface area contributed by atoms with Crippen molar-refractivity contribution in [3.63, 3.8) is 0 Å². The van der Waals surface area contributed by atoms with Gasteiger partial charge in [0.25, 0.3) is 0 Å². The summed E-state index contributed by atoms with van der Waals surface area (Å²) in [7, 11) is 3.91. The van der Waals surface area contributed by atoms with Gasteiger partial charge in [0.05, 0.1) is 11.1 Å². The van der Waals surface area contributed by atoms with Crippen LogP contribution in [-0.4, -0.2) is 33.0 Å². The first kappa shape index (κ1) is 16.5. The summed E-state index contributed by atoms with van der Waals surface area (Å²) in [5.74, 6) is 0.133. The summed E-state index contributed by atoms with van der Waals surface area (Å²) in [6, 6.07) is 5.84. The van der Waals surface area contributed by atoms with Crippen LogP contribution in [0, 0.1) is 0 Å². The number of ketones is 1. The quantitative estimate of drug-likeness (QED) is 0.812. The first-order valence-electron chi connectivity index (χ1n) is 7.40. The Labute approximate surface area is 135 Å². The zero-order chi connectivity index (χ0) is 16.1. The van der Waals surface area contributed by atoms with Crippen molar-refractivity contribution >= 4 is 23.2 Å². The van der Waals surface area contributed by atoms with Crippen molar-refractivity contribution in [2.24, 2.45) is 7.05 Å². The van der Waals surface area contributed by atoms with E-state index in [0.29, 0.717) is 17.5 Å². The number of pyridine rings is 1. The molecule has 1 unspecified atom stereocenters. The molecule has 0 saturated heterocycles. The number of hydrogen-bond donors (Lipinski definition) is 0. The molecule has 0 spiro atoms. The molecule has 0 radical (unpaired) electrons. The molecule has 118 valence electrons. The van der Waals surface area contributed by atoms with Gasteiger partial charge in [-0.15, -0.1) is 0 Å². The fourth-order valence-corrected chi connectivity index (χ4v) is 3.15. The van der Waals surface area contributed by atoms with Crippen LogP contribution in [0.2, 0.25) is 0 Å². The molecular weight excluding hydrogens is 296 g/mol. The van der Waals surface area contributed by atoms with Crippen molar-refractivity contribution in [1.29, 1.82) is 0 Å². The molecule has 22 heavy (non-hydrogen) atoms. The van der Waals surface area contributed by atoms with Gasteiger partial charge in [0.15, 0.2) is 5.78 Å². The van der Waals surface area contributed by atoms with Crippen molar-refractivity contribution in [3.8, 4) is 0 Å². The molecule has 0 amide bonds. The van der Waals surface area contributed by atoms with Crippen molar-refractivity contribution < 1.29 is 4.79 Å². The van der Waals surface area contributed by atoms with Crippen LogP contribution in [0.15, 0.2) is 35.6 Å². The maximum Gasteiger partial charge on any atom is 0.183 e. The molecule has 0 fully saturated rings. The first-order chi connectivity index (χ1) is 10.5. The summed E-state index contributed by atoms with van der Waals surface area (Å²) < 4.78 is 1.64. The number of rotatable bonds is 3. The average molecular weight is 318 g/mol. The van der Waals surface area contributed by atoms with E-state index in [4.69, 9.17) is 0 Å². The summed E-state index contributed by atoms with van der Waals surface area (Å²) in [6.07, 6.45) is 5.10.